The molecule has 0 saturated carbocycles. The van der Waals surface area contributed by atoms with Crippen LogP contribution in [-0.2, 0) is 27.4 Å². The Kier molecular flexibility index (Phi) is 6.52. The molecule has 0 radical (unpaired) electrons. The van der Waals surface area contributed by atoms with E-state index in [4.69, 9.17) is 4.74 Å². The fourth-order valence-corrected chi connectivity index (χ4v) is 1.94. The first-order valence-corrected chi connectivity index (χ1v) is 7.32. The number of amides is 1. The van der Waals surface area contributed by atoms with Gasteiger partial charge in [0.2, 0.25) is 5.91 Å². The van der Waals surface area contributed by atoms with Crippen LogP contribution in [0, 0.1) is 0 Å². The van der Waals surface area contributed by atoms with Gasteiger partial charge in [0.25, 0.3) is 0 Å². The van der Waals surface area contributed by atoms with E-state index in [1.807, 2.05) is 36.4 Å². The highest BCUT2D eigenvalue weighted by molar-refractivity contribution is 5.91. The maximum absolute atomic E-state index is 11.9. The molecule has 124 valence electrons. The molecule has 1 amide bonds. The van der Waals surface area contributed by atoms with E-state index in [2.05, 4.69) is 15.0 Å². The second kappa shape index (κ2) is 9.09. The van der Waals surface area contributed by atoms with Gasteiger partial charge in [0, 0.05) is 25.0 Å². The first-order valence-electron chi connectivity index (χ1n) is 7.32. The molecule has 0 saturated heterocycles. The molecule has 0 atom stereocenters. The van der Waals surface area contributed by atoms with Gasteiger partial charge in [-0.2, -0.15) is 0 Å². The second-order valence-electron chi connectivity index (χ2n) is 4.85. The molecular formula is C18H18N2O4. The first kappa shape index (κ1) is 17.2. The number of rotatable bonds is 6. The van der Waals surface area contributed by atoms with Crippen LogP contribution in [0.25, 0.3) is 6.08 Å². The van der Waals surface area contributed by atoms with E-state index in [9.17, 15) is 9.59 Å². The number of hydrogen-bond donors (Lipinski definition) is 1. The molecule has 0 aliphatic rings. The predicted molar refractivity (Wildman–Crippen MR) is 88.8 cm³/mol. The molecule has 1 N–H and O–H groups in total. The van der Waals surface area contributed by atoms with Crippen molar-refractivity contribution in [1.82, 2.24) is 10.3 Å². The highest BCUT2D eigenvalue weighted by Crippen LogP contribution is 2.12. The maximum atomic E-state index is 11.9. The molecule has 0 spiro atoms. The van der Waals surface area contributed by atoms with Crippen LogP contribution in [-0.4, -0.2) is 24.2 Å². The topological polar surface area (TPSA) is 77.5 Å². The van der Waals surface area contributed by atoms with Crippen molar-refractivity contribution in [3.8, 4) is 0 Å². The van der Waals surface area contributed by atoms with Gasteiger partial charge in [-0.1, -0.05) is 30.3 Å². The van der Waals surface area contributed by atoms with E-state index in [0.29, 0.717) is 6.54 Å². The molecule has 0 aliphatic carbocycles. The van der Waals surface area contributed by atoms with E-state index in [1.165, 1.54) is 13.2 Å². The average Bonchev–Trinajstić information content (AvgIpc) is 2.64. The number of carbonyl (C=O) groups is 2. The lowest BCUT2D eigenvalue weighted by atomic mass is 10.1. The van der Waals surface area contributed by atoms with Crippen LogP contribution in [0.15, 0.2) is 54.9 Å². The summed E-state index contributed by atoms with van der Waals surface area (Å²) in [5.74, 6) is -0.220. The summed E-state index contributed by atoms with van der Waals surface area (Å²) in [7, 11) is 1.25. The van der Waals surface area contributed by atoms with E-state index in [0.717, 1.165) is 16.7 Å². The van der Waals surface area contributed by atoms with Gasteiger partial charge in [-0.3, -0.25) is 9.78 Å². The molecule has 6 heteroatoms. The molecule has 1 aromatic carbocycles. The fourth-order valence-electron chi connectivity index (χ4n) is 1.94. The summed E-state index contributed by atoms with van der Waals surface area (Å²) in [6, 6.07) is 11.0. The number of benzene rings is 1. The highest BCUT2D eigenvalue weighted by atomic mass is 16.7. The van der Waals surface area contributed by atoms with E-state index in [-0.39, 0.29) is 12.5 Å². The van der Waals surface area contributed by atoms with Crippen molar-refractivity contribution in [1.29, 1.82) is 0 Å². The third kappa shape index (κ3) is 5.57. The highest BCUT2D eigenvalue weighted by Gasteiger charge is 2.05. The third-order valence-corrected chi connectivity index (χ3v) is 3.17. The number of aromatic nitrogens is 1. The summed E-state index contributed by atoms with van der Waals surface area (Å²) in [6.45, 7) is 0.481. The molecule has 1 aromatic heterocycles. The Morgan fingerprint density at radius 3 is 2.79 bits per heavy atom. The molecule has 0 unspecified atom stereocenters. The van der Waals surface area contributed by atoms with Crippen LogP contribution >= 0.6 is 0 Å². The minimum absolute atomic E-state index is 0.0739. The van der Waals surface area contributed by atoms with E-state index in [1.54, 1.807) is 18.5 Å². The number of methoxy groups -OCH3 is 1. The molecule has 24 heavy (non-hydrogen) atoms. The number of carbonyl (C=O) groups excluding carboxylic acids is 2. The lowest BCUT2D eigenvalue weighted by Crippen LogP contribution is -2.20. The largest absolute Gasteiger partial charge is 0.508 e. The van der Waals surface area contributed by atoms with Crippen molar-refractivity contribution in [3.05, 3.63) is 71.6 Å². The summed E-state index contributed by atoms with van der Waals surface area (Å²) in [6.07, 6.45) is 5.74. The summed E-state index contributed by atoms with van der Waals surface area (Å²) >= 11 is 0. The van der Waals surface area contributed by atoms with Gasteiger partial charge in [-0.15, -0.1) is 0 Å². The van der Waals surface area contributed by atoms with Crippen molar-refractivity contribution in [2.45, 2.75) is 13.2 Å². The Bertz CT molecular complexity index is 714. The minimum Gasteiger partial charge on any atom is -0.438 e. The van der Waals surface area contributed by atoms with Crippen LogP contribution in [0.5, 0.6) is 0 Å². The fraction of sp³-hybridized carbons (Fsp3) is 0.167. The smallest absolute Gasteiger partial charge is 0.438 e. The number of ether oxygens (including phenoxy) is 2. The van der Waals surface area contributed by atoms with Gasteiger partial charge < -0.3 is 14.8 Å². The molecule has 6 nitrogen and oxygen atoms in total. The number of hydrogen-bond acceptors (Lipinski definition) is 5. The molecule has 2 rings (SSSR count). The quantitative estimate of drug-likeness (QED) is 0.652. The van der Waals surface area contributed by atoms with Gasteiger partial charge >= 0.3 is 6.16 Å². The molecule has 1 heterocycles. The van der Waals surface area contributed by atoms with E-state index < -0.39 is 6.16 Å². The van der Waals surface area contributed by atoms with Crippen LogP contribution in [0.2, 0.25) is 0 Å². The Morgan fingerprint density at radius 1 is 1.21 bits per heavy atom. The SMILES string of the molecule is COC(=O)OCc1ccccc1C=CC(=O)NCc1cccnc1. The van der Waals surface area contributed by atoms with Crippen molar-refractivity contribution in [3.63, 3.8) is 0 Å². The average molecular weight is 326 g/mol. The number of nitrogens with one attached hydrogen (secondary N) is 1. The summed E-state index contributed by atoms with van der Waals surface area (Å²) in [5.41, 5.74) is 2.49. The lowest BCUT2D eigenvalue weighted by molar-refractivity contribution is -0.116. The van der Waals surface area contributed by atoms with Crippen LogP contribution < -0.4 is 5.32 Å². The van der Waals surface area contributed by atoms with Crippen molar-refractivity contribution < 1.29 is 19.1 Å². The zero-order chi connectivity index (χ0) is 17.2. The summed E-state index contributed by atoms with van der Waals surface area (Å²) in [4.78, 5) is 26.9. The zero-order valence-corrected chi connectivity index (χ0v) is 13.3. The Hall–Kier alpha value is -3.15. The van der Waals surface area contributed by atoms with Gasteiger partial charge in [0.1, 0.15) is 6.61 Å². The standard InChI is InChI=1S/C18H18N2O4/c1-23-18(22)24-13-16-7-3-2-6-15(16)8-9-17(21)20-12-14-5-4-10-19-11-14/h2-11H,12-13H2,1H3,(H,20,21). The van der Waals surface area contributed by atoms with Crippen LogP contribution in [0.4, 0.5) is 4.79 Å². The summed E-state index contributed by atoms with van der Waals surface area (Å²) in [5, 5.41) is 2.78. The number of nitrogens with zero attached hydrogens (tertiary/aromatic N) is 1. The van der Waals surface area contributed by atoms with Gasteiger partial charge in [0.05, 0.1) is 7.11 Å². The van der Waals surface area contributed by atoms with Crippen molar-refractivity contribution in [2.24, 2.45) is 0 Å². The molecular weight excluding hydrogens is 308 g/mol. The lowest BCUT2D eigenvalue weighted by Gasteiger charge is -2.06. The van der Waals surface area contributed by atoms with Gasteiger partial charge in [0.15, 0.2) is 0 Å². The van der Waals surface area contributed by atoms with Gasteiger partial charge in [-0.25, -0.2) is 4.79 Å². The minimum atomic E-state index is -0.747. The zero-order valence-electron chi connectivity index (χ0n) is 13.3. The van der Waals surface area contributed by atoms with E-state index >= 15 is 0 Å². The third-order valence-electron chi connectivity index (χ3n) is 3.17. The molecule has 0 fully saturated rings. The van der Waals surface area contributed by atoms with Crippen molar-refractivity contribution in [2.75, 3.05) is 7.11 Å². The first-order chi connectivity index (χ1) is 11.7. The second-order valence-corrected chi connectivity index (χ2v) is 4.85. The van der Waals surface area contributed by atoms with Crippen LogP contribution in [0.1, 0.15) is 16.7 Å². The molecule has 0 aliphatic heterocycles. The monoisotopic (exact) mass is 326 g/mol. The Balaban J connectivity index is 1.93. The van der Waals surface area contributed by atoms with Crippen molar-refractivity contribution >= 4 is 18.1 Å². The Labute approximate surface area is 140 Å². The predicted octanol–water partition coefficient (Wildman–Crippen LogP) is 2.69. The molecule has 2 aromatic rings. The molecule has 0 bridgehead atoms. The normalized spacial score (nSPS) is 10.4. The Morgan fingerprint density at radius 2 is 2.04 bits per heavy atom. The van der Waals surface area contributed by atoms with Gasteiger partial charge in [-0.05, 0) is 28.8 Å². The maximum Gasteiger partial charge on any atom is 0.508 e. The summed E-state index contributed by atoms with van der Waals surface area (Å²) < 4.78 is 9.36. The number of pyridine rings is 1. The van der Waals surface area contributed by atoms with Crippen LogP contribution in [0.3, 0.4) is 0 Å².